The smallest absolute Gasteiger partial charge is 0.0454 e. The highest BCUT2D eigenvalue weighted by molar-refractivity contribution is 5.83. The minimum Gasteiger partial charge on any atom is -0.361 e. The van der Waals surface area contributed by atoms with Gasteiger partial charge in [-0.2, -0.15) is 0 Å². The van der Waals surface area contributed by atoms with Crippen molar-refractivity contribution in [3.8, 4) is 0 Å². The van der Waals surface area contributed by atoms with Gasteiger partial charge in [-0.3, -0.25) is 4.98 Å². The molecule has 1 N–H and O–H groups in total. The third kappa shape index (κ3) is 2.11. The normalized spacial score (nSPS) is 11.3. The molecule has 82 valence electrons. The maximum Gasteiger partial charge on any atom is 0.0454 e. The Balaban J connectivity index is 1.92. The molecule has 0 fully saturated rings. The molecule has 0 radical (unpaired) electrons. The van der Waals surface area contributed by atoms with Gasteiger partial charge in [-0.1, -0.05) is 24.3 Å². The molecule has 2 heterocycles. The number of fused-ring (bicyclic) bond motifs is 1. The third-order valence-electron chi connectivity index (χ3n) is 2.73. The Morgan fingerprint density at radius 1 is 1.00 bits per heavy atom. The molecule has 0 bridgehead atoms. The van der Waals surface area contributed by atoms with E-state index in [9.17, 15) is 0 Å². The molecular formula is C15H12N2. The van der Waals surface area contributed by atoms with Crippen LogP contribution < -0.4 is 0 Å². The fraction of sp³-hybridized carbons (Fsp3) is 0. The van der Waals surface area contributed by atoms with Gasteiger partial charge in [0, 0.05) is 24.1 Å². The SMILES string of the molecule is C(=C\c1ccc2[nH]ccc2c1)/c1cccnc1. The quantitative estimate of drug-likeness (QED) is 0.700. The molecule has 0 spiro atoms. The number of aromatic amines is 1. The second-order valence-electron chi connectivity index (χ2n) is 3.94. The lowest BCUT2D eigenvalue weighted by Crippen LogP contribution is -1.75. The number of hydrogen-bond donors (Lipinski definition) is 1. The van der Waals surface area contributed by atoms with Crippen LogP contribution in [0.4, 0.5) is 0 Å². The fourth-order valence-corrected chi connectivity index (χ4v) is 1.84. The van der Waals surface area contributed by atoms with Gasteiger partial charge < -0.3 is 4.98 Å². The minimum absolute atomic E-state index is 1.11. The lowest BCUT2D eigenvalue weighted by Gasteiger charge is -1.95. The van der Waals surface area contributed by atoms with Gasteiger partial charge in [-0.15, -0.1) is 0 Å². The molecule has 0 saturated carbocycles. The van der Waals surface area contributed by atoms with Crippen LogP contribution in [0.25, 0.3) is 23.1 Å². The van der Waals surface area contributed by atoms with Crippen molar-refractivity contribution in [1.82, 2.24) is 9.97 Å². The van der Waals surface area contributed by atoms with Crippen molar-refractivity contribution in [2.75, 3.05) is 0 Å². The summed E-state index contributed by atoms with van der Waals surface area (Å²) in [5, 5.41) is 1.23. The van der Waals surface area contributed by atoms with Gasteiger partial charge in [0.15, 0.2) is 0 Å². The monoisotopic (exact) mass is 220 g/mol. The van der Waals surface area contributed by atoms with Crippen LogP contribution in [0.5, 0.6) is 0 Å². The lowest BCUT2D eigenvalue weighted by molar-refractivity contribution is 1.32. The first kappa shape index (κ1) is 9.85. The molecule has 0 atom stereocenters. The minimum atomic E-state index is 1.11. The average Bonchev–Trinajstić information content (AvgIpc) is 2.85. The standard InChI is InChI=1S/C15H12N2/c1-2-13(11-16-8-1)4-3-12-5-6-15-14(10-12)7-9-17-15/h1-11,17H/b4-3+. The number of nitrogens with zero attached hydrogens (tertiary/aromatic N) is 1. The van der Waals surface area contributed by atoms with E-state index in [0.717, 1.165) is 5.56 Å². The van der Waals surface area contributed by atoms with Crippen molar-refractivity contribution in [1.29, 1.82) is 0 Å². The molecule has 2 aromatic heterocycles. The first-order valence-corrected chi connectivity index (χ1v) is 5.57. The summed E-state index contributed by atoms with van der Waals surface area (Å²) in [6.07, 6.45) is 9.76. The largest absolute Gasteiger partial charge is 0.361 e. The molecule has 2 heteroatoms. The Labute approximate surface area is 99.6 Å². The lowest BCUT2D eigenvalue weighted by atomic mass is 10.1. The van der Waals surface area contributed by atoms with E-state index in [4.69, 9.17) is 0 Å². The van der Waals surface area contributed by atoms with Crippen molar-refractivity contribution in [3.05, 3.63) is 66.1 Å². The van der Waals surface area contributed by atoms with E-state index in [0.29, 0.717) is 0 Å². The zero-order valence-electron chi connectivity index (χ0n) is 9.30. The van der Waals surface area contributed by atoms with Crippen LogP contribution in [-0.4, -0.2) is 9.97 Å². The Morgan fingerprint density at radius 3 is 2.82 bits per heavy atom. The van der Waals surface area contributed by atoms with E-state index in [1.54, 1.807) is 6.20 Å². The van der Waals surface area contributed by atoms with Crippen LogP contribution in [0, 0.1) is 0 Å². The van der Waals surface area contributed by atoms with Crippen LogP contribution in [0.2, 0.25) is 0 Å². The summed E-state index contributed by atoms with van der Waals surface area (Å²) in [5.41, 5.74) is 3.48. The van der Waals surface area contributed by atoms with Gasteiger partial charge in [0.05, 0.1) is 0 Å². The van der Waals surface area contributed by atoms with Gasteiger partial charge in [0.2, 0.25) is 0 Å². The molecule has 3 aromatic rings. The predicted octanol–water partition coefficient (Wildman–Crippen LogP) is 3.73. The molecule has 2 nitrogen and oxygen atoms in total. The van der Waals surface area contributed by atoms with E-state index in [1.807, 2.05) is 24.5 Å². The number of hydrogen-bond acceptors (Lipinski definition) is 1. The van der Waals surface area contributed by atoms with Gasteiger partial charge in [-0.25, -0.2) is 0 Å². The van der Waals surface area contributed by atoms with E-state index in [-0.39, 0.29) is 0 Å². The molecule has 1 aromatic carbocycles. The van der Waals surface area contributed by atoms with Crippen LogP contribution >= 0.6 is 0 Å². The number of pyridine rings is 1. The summed E-state index contributed by atoms with van der Waals surface area (Å²) in [7, 11) is 0. The molecule has 0 aliphatic heterocycles. The molecule has 3 rings (SSSR count). The van der Waals surface area contributed by atoms with E-state index >= 15 is 0 Å². The van der Waals surface area contributed by atoms with Crippen molar-refractivity contribution >= 4 is 23.1 Å². The number of aromatic nitrogens is 2. The highest BCUT2D eigenvalue weighted by Gasteiger charge is 1.94. The number of nitrogens with one attached hydrogen (secondary N) is 1. The van der Waals surface area contributed by atoms with Crippen LogP contribution in [-0.2, 0) is 0 Å². The molecule has 0 aliphatic rings. The van der Waals surface area contributed by atoms with Crippen LogP contribution in [0.15, 0.2) is 55.0 Å². The van der Waals surface area contributed by atoms with Crippen molar-refractivity contribution in [3.63, 3.8) is 0 Å². The van der Waals surface area contributed by atoms with Gasteiger partial charge in [0.25, 0.3) is 0 Å². The molecule has 0 amide bonds. The second kappa shape index (κ2) is 4.26. The average molecular weight is 220 g/mol. The highest BCUT2D eigenvalue weighted by Crippen LogP contribution is 2.16. The van der Waals surface area contributed by atoms with Crippen LogP contribution in [0.3, 0.4) is 0 Å². The first-order valence-electron chi connectivity index (χ1n) is 5.57. The van der Waals surface area contributed by atoms with Crippen molar-refractivity contribution in [2.45, 2.75) is 0 Å². The fourth-order valence-electron chi connectivity index (χ4n) is 1.84. The van der Waals surface area contributed by atoms with E-state index in [2.05, 4.69) is 46.4 Å². The predicted molar refractivity (Wildman–Crippen MR) is 71.5 cm³/mol. The zero-order chi connectivity index (χ0) is 11.5. The zero-order valence-corrected chi connectivity index (χ0v) is 9.30. The molecule has 0 unspecified atom stereocenters. The maximum absolute atomic E-state index is 4.08. The summed E-state index contributed by atoms with van der Waals surface area (Å²) in [4.78, 5) is 7.27. The van der Waals surface area contributed by atoms with Crippen molar-refractivity contribution < 1.29 is 0 Å². The van der Waals surface area contributed by atoms with Gasteiger partial charge >= 0.3 is 0 Å². The Morgan fingerprint density at radius 2 is 1.94 bits per heavy atom. The Kier molecular flexibility index (Phi) is 2.47. The molecular weight excluding hydrogens is 208 g/mol. The summed E-state index contributed by atoms with van der Waals surface area (Å²) >= 11 is 0. The third-order valence-corrected chi connectivity index (χ3v) is 2.73. The number of H-pyrrole nitrogens is 1. The topological polar surface area (TPSA) is 28.7 Å². The summed E-state index contributed by atoms with van der Waals surface area (Å²) in [6, 6.07) is 12.4. The number of rotatable bonds is 2. The summed E-state index contributed by atoms with van der Waals surface area (Å²) < 4.78 is 0. The summed E-state index contributed by atoms with van der Waals surface area (Å²) in [5.74, 6) is 0. The van der Waals surface area contributed by atoms with Gasteiger partial charge in [-0.05, 0) is 40.8 Å². The maximum atomic E-state index is 4.08. The summed E-state index contributed by atoms with van der Waals surface area (Å²) in [6.45, 7) is 0. The van der Waals surface area contributed by atoms with Gasteiger partial charge in [0.1, 0.15) is 0 Å². The first-order chi connectivity index (χ1) is 8.42. The number of benzene rings is 1. The van der Waals surface area contributed by atoms with E-state index in [1.165, 1.54) is 16.5 Å². The Bertz CT molecular complexity index is 651. The second-order valence-corrected chi connectivity index (χ2v) is 3.94. The van der Waals surface area contributed by atoms with Crippen molar-refractivity contribution in [2.24, 2.45) is 0 Å². The Hall–Kier alpha value is -2.35. The highest BCUT2D eigenvalue weighted by atomic mass is 14.7. The molecule has 17 heavy (non-hydrogen) atoms. The molecule has 0 aliphatic carbocycles. The van der Waals surface area contributed by atoms with Crippen LogP contribution in [0.1, 0.15) is 11.1 Å². The molecule has 0 saturated heterocycles. The van der Waals surface area contributed by atoms with E-state index < -0.39 is 0 Å².